The molecule has 1 N–H and O–H groups in total. The molecule has 3 heterocycles. The Labute approximate surface area is 178 Å². The van der Waals surface area contributed by atoms with Crippen molar-refractivity contribution in [2.24, 2.45) is 0 Å². The van der Waals surface area contributed by atoms with Crippen molar-refractivity contribution in [1.29, 1.82) is 0 Å². The molecule has 7 heteroatoms. The minimum absolute atomic E-state index is 0.0384. The summed E-state index contributed by atoms with van der Waals surface area (Å²) in [6, 6.07) is 9.65. The fourth-order valence-electron chi connectivity index (χ4n) is 4.43. The standard InChI is InChI=1S/C23H25N3O3S/c27-19(24-13-16-9-6-12-29-16)14-26-21(15-7-2-1-3-8-15)25-22-20(23(26)28)17-10-4-5-11-18(17)30-22/h1-3,7-8,16H,4-6,9-14H2,(H,24,27). The number of carbonyl (C=O) groups is 1. The first-order chi connectivity index (χ1) is 14.7. The predicted molar refractivity (Wildman–Crippen MR) is 118 cm³/mol. The summed E-state index contributed by atoms with van der Waals surface area (Å²) < 4.78 is 7.13. The smallest absolute Gasteiger partial charge is 0.263 e. The number of nitrogens with zero attached hydrogens (tertiary/aromatic N) is 2. The van der Waals surface area contributed by atoms with Crippen molar-refractivity contribution in [3.63, 3.8) is 0 Å². The molecule has 1 amide bonds. The average molecular weight is 424 g/mol. The lowest BCUT2D eigenvalue weighted by molar-refractivity contribution is -0.122. The summed E-state index contributed by atoms with van der Waals surface area (Å²) >= 11 is 1.64. The van der Waals surface area contributed by atoms with Gasteiger partial charge in [-0.2, -0.15) is 0 Å². The molecule has 0 spiro atoms. The van der Waals surface area contributed by atoms with Gasteiger partial charge in [-0.1, -0.05) is 30.3 Å². The highest BCUT2D eigenvalue weighted by atomic mass is 32.1. The largest absolute Gasteiger partial charge is 0.376 e. The molecule has 2 aliphatic rings. The summed E-state index contributed by atoms with van der Waals surface area (Å²) in [6.07, 6.45) is 6.25. The van der Waals surface area contributed by atoms with Gasteiger partial charge in [0.05, 0.1) is 11.5 Å². The molecule has 3 aromatic rings. The van der Waals surface area contributed by atoms with Crippen molar-refractivity contribution >= 4 is 27.5 Å². The van der Waals surface area contributed by atoms with Gasteiger partial charge in [-0.25, -0.2) is 4.98 Å². The fourth-order valence-corrected chi connectivity index (χ4v) is 5.68. The van der Waals surface area contributed by atoms with E-state index in [1.165, 1.54) is 4.88 Å². The van der Waals surface area contributed by atoms with Crippen LogP contribution in [0.4, 0.5) is 0 Å². The molecule has 1 unspecified atom stereocenters. The topological polar surface area (TPSA) is 73.2 Å². The number of amides is 1. The second-order valence-electron chi connectivity index (χ2n) is 8.02. The third-order valence-electron chi connectivity index (χ3n) is 5.96. The Morgan fingerprint density at radius 1 is 1.20 bits per heavy atom. The fraction of sp³-hybridized carbons (Fsp3) is 0.435. The zero-order valence-electron chi connectivity index (χ0n) is 16.9. The number of fused-ring (bicyclic) bond motifs is 3. The number of ether oxygens (including phenoxy) is 1. The molecule has 1 fully saturated rings. The zero-order valence-corrected chi connectivity index (χ0v) is 17.7. The molecule has 1 saturated heterocycles. The summed E-state index contributed by atoms with van der Waals surface area (Å²) in [5.41, 5.74) is 1.88. The average Bonchev–Trinajstić information content (AvgIpc) is 3.42. The Hall–Kier alpha value is -2.51. The molecule has 0 radical (unpaired) electrons. The molecule has 2 aromatic heterocycles. The first kappa shape index (κ1) is 19.5. The number of hydrogen-bond acceptors (Lipinski definition) is 5. The summed E-state index contributed by atoms with van der Waals surface area (Å²) in [5, 5.41) is 3.64. The highest BCUT2D eigenvalue weighted by Gasteiger charge is 2.24. The number of aromatic nitrogens is 2. The summed E-state index contributed by atoms with van der Waals surface area (Å²) in [4.78, 5) is 33.2. The first-order valence-corrected chi connectivity index (χ1v) is 11.5. The molecular weight excluding hydrogens is 398 g/mol. The Bertz CT molecular complexity index is 1130. The van der Waals surface area contributed by atoms with Crippen LogP contribution >= 0.6 is 11.3 Å². The molecule has 1 aromatic carbocycles. The van der Waals surface area contributed by atoms with E-state index in [2.05, 4.69) is 5.32 Å². The summed E-state index contributed by atoms with van der Waals surface area (Å²) in [7, 11) is 0. The second kappa shape index (κ2) is 8.32. The number of hydrogen-bond donors (Lipinski definition) is 1. The van der Waals surface area contributed by atoms with Gasteiger partial charge in [-0.3, -0.25) is 14.2 Å². The number of thiophene rings is 1. The van der Waals surface area contributed by atoms with Gasteiger partial charge in [0.1, 0.15) is 17.2 Å². The SMILES string of the molecule is O=C(Cn1c(-c2ccccc2)nc2sc3c(c2c1=O)CCCC3)NCC1CCCO1. The van der Waals surface area contributed by atoms with Gasteiger partial charge < -0.3 is 10.1 Å². The van der Waals surface area contributed by atoms with Crippen molar-refractivity contribution in [3.05, 3.63) is 51.1 Å². The van der Waals surface area contributed by atoms with E-state index in [-0.39, 0.29) is 24.1 Å². The number of carbonyl (C=O) groups excluding carboxylic acids is 1. The maximum absolute atomic E-state index is 13.6. The van der Waals surface area contributed by atoms with E-state index in [9.17, 15) is 9.59 Å². The maximum Gasteiger partial charge on any atom is 0.263 e. The van der Waals surface area contributed by atoms with E-state index < -0.39 is 0 Å². The number of rotatable bonds is 5. The maximum atomic E-state index is 13.6. The zero-order chi connectivity index (χ0) is 20.5. The van der Waals surface area contributed by atoms with Crippen molar-refractivity contribution in [2.45, 2.75) is 51.2 Å². The highest BCUT2D eigenvalue weighted by molar-refractivity contribution is 7.18. The van der Waals surface area contributed by atoms with E-state index >= 15 is 0 Å². The molecule has 6 nitrogen and oxygen atoms in total. The molecule has 1 aliphatic carbocycles. The Kier molecular flexibility index (Phi) is 5.39. The third kappa shape index (κ3) is 3.68. The molecule has 0 saturated carbocycles. The predicted octanol–water partition coefficient (Wildman–Crippen LogP) is 3.30. The monoisotopic (exact) mass is 423 g/mol. The minimum Gasteiger partial charge on any atom is -0.376 e. The van der Waals surface area contributed by atoms with Gasteiger partial charge in [0, 0.05) is 23.6 Å². The van der Waals surface area contributed by atoms with Gasteiger partial charge in [0.15, 0.2) is 0 Å². The van der Waals surface area contributed by atoms with Crippen LogP contribution in [0.25, 0.3) is 21.6 Å². The van der Waals surface area contributed by atoms with Crippen molar-refractivity contribution in [2.75, 3.05) is 13.2 Å². The van der Waals surface area contributed by atoms with Crippen LogP contribution in [0.1, 0.15) is 36.1 Å². The van der Waals surface area contributed by atoms with Gasteiger partial charge in [-0.05, 0) is 44.1 Å². The number of nitrogens with one attached hydrogen (secondary N) is 1. The molecule has 0 bridgehead atoms. The van der Waals surface area contributed by atoms with Gasteiger partial charge >= 0.3 is 0 Å². The van der Waals surface area contributed by atoms with Crippen LogP contribution in [0.15, 0.2) is 35.1 Å². The van der Waals surface area contributed by atoms with E-state index in [1.54, 1.807) is 15.9 Å². The Morgan fingerprint density at radius 3 is 2.83 bits per heavy atom. The van der Waals surface area contributed by atoms with Gasteiger partial charge in [0.25, 0.3) is 5.56 Å². The van der Waals surface area contributed by atoms with Gasteiger partial charge in [-0.15, -0.1) is 11.3 Å². The van der Waals surface area contributed by atoms with E-state index in [4.69, 9.17) is 9.72 Å². The molecule has 30 heavy (non-hydrogen) atoms. The van der Waals surface area contributed by atoms with E-state index in [0.717, 1.165) is 61.1 Å². The molecule has 1 atom stereocenters. The quantitative estimate of drug-likeness (QED) is 0.683. The van der Waals surface area contributed by atoms with Gasteiger partial charge in [0.2, 0.25) is 5.91 Å². The molecule has 5 rings (SSSR count). The van der Waals surface area contributed by atoms with Crippen molar-refractivity contribution < 1.29 is 9.53 Å². The second-order valence-corrected chi connectivity index (χ2v) is 9.11. The first-order valence-electron chi connectivity index (χ1n) is 10.7. The summed E-state index contributed by atoms with van der Waals surface area (Å²) in [5.74, 6) is 0.369. The molecular formula is C23H25N3O3S. The third-order valence-corrected chi connectivity index (χ3v) is 7.15. The van der Waals surface area contributed by atoms with E-state index in [0.29, 0.717) is 17.8 Å². The Balaban J connectivity index is 1.54. The Morgan fingerprint density at radius 2 is 2.03 bits per heavy atom. The van der Waals surface area contributed by atoms with Crippen LogP contribution in [-0.4, -0.2) is 34.7 Å². The van der Waals surface area contributed by atoms with Crippen molar-refractivity contribution in [1.82, 2.24) is 14.9 Å². The number of benzene rings is 1. The number of aryl methyl sites for hydroxylation is 2. The van der Waals surface area contributed by atoms with Crippen molar-refractivity contribution in [3.8, 4) is 11.4 Å². The normalized spacial score (nSPS) is 18.5. The van der Waals surface area contributed by atoms with E-state index in [1.807, 2.05) is 30.3 Å². The van der Waals surface area contributed by atoms with Crippen LogP contribution < -0.4 is 10.9 Å². The lowest BCUT2D eigenvalue weighted by Gasteiger charge is -2.15. The van der Waals surface area contributed by atoms with Crippen LogP contribution in [-0.2, 0) is 28.9 Å². The molecule has 1 aliphatic heterocycles. The van der Waals surface area contributed by atoms with Crippen LogP contribution in [0.2, 0.25) is 0 Å². The minimum atomic E-state index is -0.185. The van der Waals surface area contributed by atoms with Crippen LogP contribution in [0.3, 0.4) is 0 Å². The molecule has 156 valence electrons. The lowest BCUT2D eigenvalue weighted by atomic mass is 9.97. The highest BCUT2D eigenvalue weighted by Crippen LogP contribution is 2.34. The lowest BCUT2D eigenvalue weighted by Crippen LogP contribution is -2.37. The summed E-state index contributed by atoms with van der Waals surface area (Å²) in [6.45, 7) is 1.20. The van der Waals surface area contributed by atoms with Crippen LogP contribution in [0, 0.1) is 0 Å². The van der Waals surface area contributed by atoms with Crippen LogP contribution in [0.5, 0.6) is 0 Å².